The average molecular weight is 381 g/mol. The van der Waals surface area contributed by atoms with E-state index in [1.165, 1.54) is 17.0 Å². The summed E-state index contributed by atoms with van der Waals surface area (Å²) in [6.07, 6.45) is 1.44. The highest BCUT2D eigenvalue weighted by atomic mass is 19.1. The van der Waals surface area contributed by atoms with E-state index in [4.69, 9.17) is 4.74 Å². The molecular formula is C22H20FNO4. The molecule has 5 nitrogen and oxygen atoms in total. The van der Waals surface area contributed by atoms with Gasteiger partial charge in [0.1, 0.15) is 11.6 Å². The molecule has 2 aromatic carbocycles. The highest BCUT2D eigenvalue weighted by molar-refractivity contribution is 6.46. The minimum absolute atomic E-state index is 0.0979. The number of Topliss-reactive ketones (excluding diaryl/α,β-unsaturated/α-hetero) is 1. The standard InChI is InChI=1S/C22H20FNO4/c23-17-11-5-4-10-16(17)19-18(20(25)14-7-2-1-3-8-14)21(26)22(27)24(19)13-15-9-6-12-28-15/h1-5,7-8,10-11,15,19,25H,6,9,12-13H2/t15-,19-/m1/s1. The number of benzene rings is 2. The van der Waals surface area contributed by atoms with E-state index in [-0.39, 0.29) is 29.5 Å². The van der Waals surface area contributed by atoms with E-state index in [1.54, 1.807) is 42.5 Å². The second kappa shape index (κ2) is 7.56. The molecule has 1 N–H and O–H groups in total. The first kappa shape index (κ1) is 18.4. The number of hydrogen-bond donors (Lipinski definition) is 1. The second-order valence-electron chi connectivity index (χ2n) is 6.97. The molecule has 0 saturated carbocycles. The first-order valence-electron chi connectivity index (χ1n) is 9.28. The molecule has 0 aliphatic carbocycles. The third kappa shape index (κ3) is 3.20. The van der Waals surface area contributed by atoms with Gasteiger partial charge in [-0.3, -0.25) is 9.59 Å². The predicted molar refractivity (Wildman–Crippen MR) is 101 cm³/mol. The molecule has 4 rings (SSSR count). The summed E-state index contributed by atoms with van der Waals surface area (Å²) < 4.78 is 20.3. The molecular weight excluding hydrogens is 361 g/mol. The molecule has 6 heteroatoms. The maximum atomic E-state index is 14.6. The Morgan fingerprint density at radius 1 is 1.11 bits per heavy atom. The maximum absolute atomic E-state index is 14.6. The number of ketones is 1. The van der Waals surface area contributed by atoms with Crippen molar-refractivity contribution >= 4 is 17.4 Å². The van der Waals surface area contributed by atoms with Crippen molar-refractivity contribution in [3.05, 3.63) is 77.1 Å². The summed E-state index contributed by atoms with van der Waals surface area (Å²) in [5.74, 6) is -2.40. The molecule has 0 aromatic heterocycles. The van der Waals surface area contributed by atoms with E-state index < -0.39 is 23.5 Å². The van der Waals surface area contributed by atoms with Crippen LogP contribution in [0.1, 0.15) is 30.0 Å². The van der Waals surface area contributed by atoms with Crippen LogP contribution >= 0.6 is 0 Å². The quantitative estimate of drug-likeness (QED) is 0.501. The Balaban J connectivity index is 1.84. The second-order valence-corrected chi connectivity index (χ2v) is 6.97. The molecule has 2 atom stereocenters. The van der Waals surface area contributed by atoms with Gasteiger partial charge in [0.05, 0.1) is 17.7 Å². The van der Waals surface area contributed by atoms with Crippen molar-refractivity contribution in [2.24, 2.45) is 0 Å². The Kier molecular flexibility index (Phi) is 4.96. The number of likely N-dealkylation sites (tertiary alicyclic amines) is 1. The smallest absolute Gasteiger partial charge is 0.295 e. The molecule has 2 aromatic rings. The fraction of sp³-hybridized carbons (Fsp3) is 0.273. The Labute approximate surface area is 162 Å². The number of amides is 1. The van der Waals surface area contributed by atoms with Gasteiger partial charge < -0.3 is 14.7 Å². The molecule has 144 valence electrons. The fourth-order valence-corrected chi connectivity index (χ4v) is 3.85. The van der Waals surface area contributed by atoms with Gasteiger partial charge in [-0.05, 0) is 18.9 Å². The van der Waals surface area contributed by atoms with Gasteiger partial charge in [0.25, 0.3) is 11.7 Å². The summed E-state index contributed by atoms with van der Waals surface area (Å²) in [7, 11) is 0. The zero-order chi connectivity index (χ0) is 19.7. The average Bonchev–Trinajstić information content (AvgIpc) is 3.31. The number of halogens is 1. The van der Waals surface area contributed by atoms with Gasteiger partial charge >= 0.3 is 0 Å². The van der Waals surface area contributed by atoms with Crippen molar-refractivity contribution in [1.29, 1.82) is 0 Å². The molecule has 28 heavy (non-hydrogen) atoms. The molecule has 2 heterocycles. The van der Waals surface area contributed by atoms with Crippen LogP contribution in [0.4, 0.5) is 4.39 Å². The summed E-state index contributed by atoms with van der Waals surface area (Å²) in [5.41, 5.74) is 0.482. The number of hydrogen-bond acceptors (Lipinski definition) is 4. The van der Waals surface area contributed by atoms with Gasteiger partial charge in [-0.25, -0.2) is 4.39 Å². The van der Waals surface area contributed by atoms with Gasteiger partial charge in [0.2, 0.25) is 0 Å². The molecule has 0 radical (unpaired) electrons. The van der Waals surface area contributed by atoms with Crippen LogP contribution in [0, 0.1) is 5.82 Å². The van der Waals surface area contributed by atoms with Gasteiger partial charge in [-0.15, -0.1) is 0 Å². The Bertz CT molecular complexity index is 935. The topological polar surface area (TPSA) is 66.8 Å². The molecule has 0 bridgehead atoms. The van der Waals surface area contributed by atoms with Crippen LogP contribution in [-0.4, -0.2) is 41.0 Å². The lowest BCUT2D eigenvalue weighted by Crippen LogP contribution is -2.36. The zero-order valence-corrected chi connectivity index (χ0v) is 15.2. The van der Waals surface area contributed by atoms with E-state index >= 15 is 0 Å². The van der Waals surface area contributed by atoms with E-state index in [0.717, 1.165) is 12.8 Å². The Morgan fingerprint density at radius 2 is 1.82 bits per heavy atom. The number of ether oxygens (including phenoxy) is 1. The Morgan fingerprint density at radius 3 is 2.50 bits per heavy atom. The van der Waals surface area contributed by atoms with Crippen LogP contribution < -0.4 is 0 Å². The van der Waals surface area contributed by atoms with E-state index in [1.807, 2.05) is 0 Å². The van der Waals surface area contributed by atoms with Crippen molar-refractivity contribution in [2.75, 3.05) is 13.2 Å². The van der Waals surface area contributed by atoms with Crippen molar-refractivity contribution in [3.63, 3.8) is 0 Å². The number of nitrogens with zero attached hydrogens (tertiary/aromatic N) is 1. The SMILES string of the molecule is O=C1C(=O)N(C[C@H]2CCCO2)[C@H](c2ccccc2F)C1=C(O)c1ccccc1. The Hall–Kier alpha value is -2.99. The first-order chi connectivity index (χ1) is 13.6. The summed E-state index contributed by atoms with van der Waals surface area (Å²) >= 11 is 0. The normalized spacial score (nSPS) is 24.1. The van der Waals surface area contributed by atoms with E-state index in [9.17, 15) is 19.1 Å². The zero-order valence-electron chi connectivity index (χ0n) is 15.2. The summed E-state index contributed by atoms with van der Waals surface area (Å²) in [6, 6.07) is 13.5. The molecule has 0 unspecified atom stereocenters. The third-order valence-corrected chi connectivity index (χ3v) is 5.21. The van der Waals surface area contributed by atoms with Crippen molar-refractivity contribution in [1.82, 2.24) is 4.90 Å². The van der Waals surface area contributed by atoms with Crippen LogP contribution in [0.25, 0.3) is 5.76 Å². The molecule has 2 fully saturated rings. The first-order valence-corrected chi connectivity index (χ1v) is 9.28. The lowest BCUT2D eigenvalue weighted by molar-refractivity contribution is -0.140. The number of rotatable bonds is 4. The lowest BCUT2D eigenvalue weighted by atomic mass is 9.95. The third-order valence-electron chi connectivity index (χ3n) is 5.21. The predicted octanol–water partition coefficient (Wildman–Crippen LogP) is 3.43. The number of carbonyl (C=O) groups is 2. The summed E-state index contributed by atoms with van der Waals surface area (Å²) in [4.78, 5) is 26.9. The molecule has 0 spiro atoms. The monoisotopic (exact) mass is 381 g/mol. The number of carbonyl (C=O) groups excluding carboxylic acids is 2. The van der Waals surface area contributed by atoms with Crippen LogP contribution in [0.2, 0.25) is 0 Å². The highest BCUT2D eigenvalue weighted by Gasteiger charge is 2.47. The number of aliphatic hydroxyl groups is 1. The van der Waals surface area contributed by atoms with Crippen LogP contribution in [0.3, 0.4) is 0 Å². The van der Waals surface area contributed by atoms with Crippen molar-refractivity contribution in [3.8, 4) is 0 Å². The van der Waals surface area contributed by atoms with Crippen LogP contribution in [-0.2, 0) is 14.3 Å². The maximum Gasteiger partial charge on any atom is 0.295 e. The van der Waals surface area contributed by atoms with Gasteiger partial charge in [-0.2, -0.15) is 0 Å². The fourth-order valence-electron chi connectivity index (χ4n) is 3.85. The summed E-state index contributed by atoms with van der Waals surface area (Å²) in [5, 5.41) is 10.8. The largest absolute Gasteiger partial charge is 0.507 e. The van der Waals surface area contributed by atoms with Crippen LogP contribution in [0.15, 0.2) is 60.2 Å². The van der Waals surface area contributed by atoms with E-state index in [0.29, 0.717) is 12.2 Å². The number of aliphatic hydroxyl groups excluding tert-OH is 1. The van der Waals surface area contributed by atoms with Gasteiger partial charge in [0.15, 0.2) is 0 Å². The van der Waals surface area contributed by atoms with E-state index in [2.05, 4.69) is 0 Å². The molecule has 2 saturated heterocycles. The van der Waals surface area contributed by atoms with Crippen molar-refractivity contribution in [2.45, 2.75) is 25.0 Å². The summed E-state index contributed by atoms with van der Waals surface area (Å²) in [6.45, 7) is 0.776. The van der Waals surface area contributed by atoms with Crippen molar-refractivity contribution < 1.29 is 23.8 Å². The van der Waals surface area contributed by atoms with Crippen LogP contribution in [0.5, 0.6) is 0 Å². The molecule has 2 aliphatic rings. The molecule has 1 amide bonds. The highest BCUT2D eigenvalue weighted by Crippen LogP contribution is 2.40. The van der Waals surface area contributed by atoms with Gasteiger partial charge in [-0.1, -0.05) is 48.5 Å². The molecule has 2 aliphatic heterocycles. The van der Waals surface area contributed by atoms with Gasteiger partial charge in [0, 0.05) is 24.3 Å². The minimum Gasteiger partial charge on any atom is -0.507 e. The minimum atomic E-state index is -0.995. The lowest BCUT2D eigenvalue weighted by Gasteiger charge is -2.27.